The van der Waals surface area contributed by atoms with E-state index in [9.17, 15) is 0 Å². The van der Waals surface area contributed by atoms with Gasteiger partial charge >= 0.3 is 0 Å². The van der Waals surface area contributed by atoms with E-state index in [0.717, 1.165) is 6.42 Å². The maximum atomic E-state index is 6.01. The standard InChI is InChI=1S/C9H14O2/c1-8-4-3-6-9(2,11-8)7(5-8)10-6/h6-7H,3-5H2,1-2H3. The predicted octanol–water partition coefficient (Wildman–Crippen LogP) is 1.49. The Bertz CT molecular complexity index is 216. The second-order valence-corrected chi connectivity index (χ2v) is 4.59. The quantitative estimate of drug-likeness (QED) is 0.526. The highest BCUT2D eigenvalue weighted by atomic mass is 16.6. The van der Waals surface area contributed by atoms with Crippen molar-refractivity contribution in [1.29, 1.82) is 0 Å². The van der Waals surface area contributed by atoms with Crippen LogP contribution in [-0.2, 0) is 9.47 Å². The van der Waals surface area contributed by atoms with Crippen LogP contribution in [0.3, 0.4) is 0 Å². The van der Waals surface area contributed by atoms with Gasteiger partial charge in [-0.2, -0.15) is 0 Å². The van der Waals surface area contributed by atoms with Crippen molar-refractivity contribution in [3.05, 3.63) is 0 Å². The zero-order valence-electron chi connectivity index (χ0n) is 7.09. The first-order chi connectivity index (χ1) is 5.12. The molecule has 4 atom stereocenters. The fourth-order valence-corrected chi connectivity index (χ4v) is 2.89. The number of hydrogen-bond acceptors (Lipinski definition) is 2. The average molecular weight is 154 g/mol. The van der Waals surface area contributed by atoms with E-state index < -0.39 is 0 Å². The largest absolute Gasteiger partial charge is 0.369 e. The minimum absolute atomic E-state index is 0.0903. The van der Waals surface area contributed by atoms with Crippen molar-refractivity contribution in [3.8, 4) is 0 Å². The summed E-state index contributed by atoms with van der Waals surface area (Å²) in [7, 11) is 0. The molecule has 3 fully saturated rings. The van der Waals surface area contributed by atoms with Gasteiger partial charge < -0.3 is 9.47 Å². The van der Waals surface area contributed by atoms with Crippen LogP contribution in [0.4, 0.5) is 0 Å². The molecule has 2 nitrogen and oxygen atoms in total. The molecule has 3 saturated heterocycles. The second kappa shape index (κ2) is 1.50. The van der Waals surface area contributed by atoms with E-state index in [1.807, 2.05) is 0 Å². The van der Waals surface area contributed by atoms with Crippen molar-refractivity contribution in [1.82, 2.24) is 0 Å². The molecule has 3 aliphatic rings. The van der Waals surface area contributed by atoms with E-state index in [1.165, 1.54) is 12.8 Å². The molecule has 0 aromatic rings. The zero-order valence-corrected chi connectivity index (χ0v) is 7.09. The SMILES string of the molecule is CC12CCC3OC(C1)C3(C)O2. The molecule has 0 aromatic heterocycles. The highest BCUT2D eigenvalue weighted by Crippen LogP contribution is 2.56. The van der Waals surface area contributed by atoms with Gasteiger partial charge in [0.05, 0.1) is 17.8 Å². The highest BCUT2D eigenvalue weighted by molar-refractivity contribution is 5.14. The minimum atomic E-state index is 0.0903. The molecule has 4 unspecified atom stereocenters. The summed E-state index contributed by atoms with van der Waals surface area (Å²) in [5.41, 5.74) is 0.236. The summed E-state index contributed by atoms with van der Waals surface area (Å²) in [6.45, 7) is 4.42. The summed E-state index contributed by atoms with van der Waals surface area (Å²) >= 11 is 0. The predicted molar refractivity (Wildman–Crippen MR) is 40.4 cm³/mol. The Labute approximate surface area is 66.9 Å². The minimum Gasteiger partial charge on any atom is -0.369 e. The van der Waals surface area contributed by atoms with Crippen LogP contribution in [0, 0.1) is 0 Å². The van der Waals surface area contributed by atoms with Gasteiger partial charge in [0.25, 0.3) is 0 Å². The van der Waals surface area contributed by atoms with Crippen molar-refractivity contribution in [2.24, 2.45) is 0 Å². The fourth-order valence-electron chi connectivity index (χ4n) is 2.89. The molecule has 3 heterocycles. The molecule has 2 bridgehead atoms. The third-order valence-corrected chi connectivity index (χ3v) is 3.63. The second-order valence-electron chi connectivity index (χ2n) is 4.59. The van der Waals surface area contributed by atoms with E-state index >= 15 is 0 Å². The molecule has 62 valence electrons. The molecule has 3 aliphatic heterocycles. The molecule has 0 aromatic carbocycles. The van der Waals surface area contributed by atoms with Gasteiger partial charge in [0.1, 0.15) is 5.60 Å². The zero-order chi connectivity index (χ0) is 7.69. The number of ether oxygens (including phenoxy) is 2. The Hall–Kier alpha value is -0.0800. The monoisotopic (exact) mass is 154 g/mol. The first-order valence-corrected chi connectivity index (χ1v) is 4.48. The highest BCUT2D eigenvalue weighted by Gasteiger charge is 2.66. The number of fused-ring (bicyclic) bond motifs is 1. The Balaban J connectivity index is 2.02. The lowest BCUT2D eigenvalue weighted by atomic mass is 9.85. The average Bonchev–Trinajstić information content (AvgIpc) is 2.08. The van der Waals surface area contributed by atoms with Crippen molar-refractivity contribution in [2.75, 3.05) is 0 Å². The molecular weight excluding hydrogens is 140 g/mol. The Morgan fingerprint density at radius 3 is 2.82 bits per heavy atom. The first-order valence-electron chi connectivity index (χ1n) is 4.48. The Kier molecular flexibility index (Phi) is 0.879. The Morgan fingerprint density at radius 1 is 1.27 bits per heavy atom. The Morgan fingerprint density at radius 2 is 2.09 bits per heavy atom. The van der Waals surface area contributed by atoms with Gasteiger partial charge in [0, 0.05) is 6.42 Å². The molecule has 0 spiro atoms. The third-order valence-electron chi connectivity index (χ3n) is 3.63. The summed E-state index contributed by atoms with van der Waals surface area (Å²) in [6, 6.07) is 0. The van der Waals surface area contributed by atoms with E-state index in [2.05, 4.69) is 13.8 Å². The maximum absolute atomic E-state index is 6.01. The smallest absolute Gasteiger partial charge is 0.118 e. The lowest BCUT2D eigenvalue weighted by molar-refractivity contribution is -0.295. The molecule has 0 saturated carbocycles. The lowest BCUT2D eigenvalue weighted by Crippen LogP contribution is -2.62. The van der Waals surface area contributed by atoms with Crippen LogP contribution < -0.4 is 0 Å². The van der Waals surface area contributed by atoms with E-state index in [-0.39, 0.29) is 11.2 Å². The van der Waals surface area contributed by atoms with Crippen molar-refractivity contribution in [3.63, 3.8) is 0 Å². The van der Waals surface area contributed by atoms with Gasteiger partial charge in [0.15, 0.2) is 0 Å². The van der Waals surface area contributed by atoms with E-state index in [4.69, 9.17) is 9.47 Å². The van der Waals surface area contributed by atoms with Crippen molar-refractivity contribution >= 4 is 0 Å². The topological polar surface area (TPSA) is 18.5 Å². The first kappa shape index (κ1) is 6.44. The fraction of sp³-hybridized carbons (Fsp3) is 1.00. The summed E-state index contributed by atoms with van der Waals surface area (Å²) in [4.78, 5) is 0. The van der Waals surface area contributed by atoms with Gasteiger partial charge in [-0.1, -0.05) is 0 Å². The lowest BCUT2D eigenvalue weighted by Gasteiger charge is -2.51. The van der Waals surface area contributed by atoms with Crippen molar-refractivity contribution < 1.29 is 9.47 Å². The van der Waals surface area contributed by atoms with Crippen LogP contribution in [0.2, 0.25) is 0 Å². The number of hydrogen-bond donors (Lipinski definition) is 0. The van der Waals surface area contributed by atoms with Crippen molar-refractivity contribution in [2.45, 2.75) is 56.5 Å². The van der Waals surface area contributed by atoms with E-state index in [1.54, 1.807) is 0 Å². The van der Waals surface area contributed by atoms with Gasteiger partial charge in [-0.25, -0.2) is 0 Å². The van der Waals surface area contributed by atoms with Gasteiger partial charge in [0.2, 0.25) is 0 Å². The molecule has 0 radical (unpaired) electrons. The van der Waals surface area contributed by atoms with Crippen LogP contribution in [0.1, 0.15) is 33.1 Å². The molecule has 0 N–H and O–H groups in total. The van der Waals surface area contributed by atoms with Crippen LogP contribution in [0.15, 0.2) is 0 Å². The molecular formula is C9H14O2. The molecule has 2 heteroatoms. The molecule has 11 heavy (non-hydrogen) atoms. The summed E-state index contributed by atoms with van der Waals surface area (Å²) in [6.07, 6.45) is 4.30. The summed E-state index contributed by atoms with van der Waals surface area (Å²) in [5.74, 6) is 0. The normalized spacial score (nSPS) is 66.0. The number of rotatable bonds is 0. The molecule has 3 rings (SSSR count). The molecule has 0 amide bonds. The summed E-state index contributed by atoms with van der Waals surface area (Å²) in [5, 5.41) is 0. The third kappa shape index (κ3) is 0.574. The van der Waals surface area contributed by atoms with Gasteiger partial charge in [-0.3, -0.25) is 0 Å². The molecule has 0 aliphatic carbocycles. The maximum Gasteiger partial charge on any atom is 0.118 e. The summed E-state index contributed by atoms with van der Waals surface area (Å²) < 4.78 is 11.7. The van der Waals surface area contributed by atoms with Crippen LogP contribution in [0.5, 0.6) is 0 Å². The van der Waals surface area contributed by atoms with Gasteiger partial charge in [-0.05, 0) is 26.7 Å². The van der Waals surface area contributed by atoms with Crippen LogP contribution in [0.25, 0.3) is 0 Å². The van der Waals surface area contributed by atoms with Crippen LogP contribution in [-0.4, -0.2) is 23.4 Å². The van der Waals surface area contributed by atoms with Crippen LogP contribution >= 0.6 is 0 Å². The van der Waals surface area contributed by atoms with Gasteiger partial charge in [-0.15, -0.1) is 0 Å². The van der Waals surface area contributed by atoms with E-state index in [0.29, 0.717) is 12.2 Å².